The van der Waals surface area contributed by atoms with Crippen LogP contribution in [0.25, 0.3) is 22.3 Å². The Morgan fingerprint density at radius 2 is 1.65 bits per heavy atom. The lowest BCUT2D eigenvalue weighted by atomic mass is 10.2. The molecular formula is C28H17BrCl3N3O2. The molecule has 0 unspecified atom stereocenters. The molecule has 37 heavy (non-hydrogen) atoms. The maximum absolute atomic E-state index is 13.3. The van der Waals surface area contributed by atoms with E-state index in [9.17, 15) is 4.79 Å². The third-order valence-electron chi connectivity index (χ3n) is 5.50. The maximum Gasteiger partial charge on any atom is 0.282 e. The van der Waals surface area contributed by atoms with Crippen LogP contribution >= 0.6 is 50.7 Å². The van der Waals surface area contributed by atoms with Gasteiger partial charge in [-0.3, -0.25) is 4.79 Å². The SMILES string of the molecule is O=c1c2ccccc2nc(-c2ccccc2)n1N=Cc1cc(Cl)c(OCc2ccc(Cl)c(Cl)c2)c(Br)c1. The van der Waals surface area contributed by atoms with Crippen molar-refractivity contribution in [2.45, 2.75) is 6.61 Å². The van der Waals surface area contributed by atoms with Crippen LogP contribution in [0.4, 0.5) is 0 Å². The van der Waals surface area contributed by atoms with Crippen molar-refractivity contribution in [1.82, 2.24) is 9.66 Å². The molecule has 0 N–H and O–H groups in total. The van der Waals surface area contributed by atoms with Crippen LogP contribution in [0.1, 0.15) is 11.1 Å². The molecule has 0 amide bonds. The first kappa shape index (κ1) is 25.5. The Morgan fingerprint density at radius 1 is 0.892 bits per heavy atom. The first-order chi connectivity index (χ1) is 17.9. The molecule has 0 saturated heterocycles. The maximum atomic E-state index is 13.3. The fourth-order valence-corrected chi connectivity index (χ4v) is 5.02. The Kier molecular flexibility index (Phi) is 7.63. The highest BCUT2D eigenvalue weighted by Gasteiger charge is 2.13. The molecule has 0 aliphatic rings. The van der Waals surface area contributed by atoms with Gasteiger partial charge in [-0.15, -0.1) is 0 Å². The van der Waals surface area contributed by atoms with Crippen LogP contribution in [0.15, 0.2) is 99.3 Å². The first-order valence-corrected chi connectivity index (χ1v) is 13.0. The van der Waals surface area contributed by atoms with E-state index in [1.54, 1.807) is 42.6 Å². The second-order valence-corrected chi connectivity index (χ2v) is 10.1. The molecule has 0 aliphatic heterocycles. The van der Waals surface area contributed by atoms with Crippen molar-refractivity contribution in [2.24, 2.45) is 5.10 Å². The van der Waals surface area contributed by atoms with E-state index in [1.807, 2.05) is 48.5 Å². The van der Waals surface area contributed by atoms with Gasteiger partial charge in [-0.2, -0.15) is 9.78 Å². The zero-order valence-corrected chi connectivity index (χ0v) is 22.9. The highest BCUT2D eigenvalue weighted by molar-refractivity contribution is 9.10. The number of nitrogens with zero attached hydrogens (tertiary/aromatic N) is 3. The van der Waals surface area contributed by atoms with E-state index in [0.29, 0.717) is 47.6 Å². The smallest absolute Gasteiger partial charge is 0.282 e. The number of hydrogen-bond acceptors (Lipinski definition) is 4. The molecule has 0 radical (unpaired) electrons. The standard InChI is InChI=1S/C28H17BrCl3N3O2/c29-21-12-18(14-24(32)26(21)37-16-17-10-11-22(30)23(31)13-17)15-33-35-27(19-6-2-1-3-7-19)34-25-9-5-4-8-20(25)28(35)36/h1-15H,16H2. The van der Waals surface area contributed by atoms with Gasteiger partial charge in [-0.05, 0) is 63.5 Å². The van der Waals surface area contributed by atoms with Crippen molar-refractivity contribution >= 4 is 67.9 Å². The Balaban J connectivity index is 1.48. The normalized spacial score (nSPS) is 11.4. The van der Waals surface area contributed by atoms with Gasteiger partial charge in [0.2, 0.25) is 0 Å². The van der Waals surface area contributed by atoms with Crippen molar-refractivity contribution in [2.75, 3.05) is 0 Å². The number of para-hydroxylation sites is 1. The third-order valence-corrected chi connectivity index (χ3v) is 7.10. The van der Waals surface area contributed by atoms with Gasteiger partial charge >= 0.3 is 0 Å². The Morgan fingerprint density at radius 3 is 2.41 bits per heavy atom. The molecule has 5 rings (SSSR count). The number of ether oxygens (including phenoxy) is 1. The van der Waals surface area contributed by atoms with Gasteiger partial charge in [0.15, 0.2) is 11.6 Å². The summed E-state index contributed by atoms with van der Waals surface area (Å²) in [7, 11) is 0. The number of halogens is 4. The van der Waals surface area contributed by atoms with E-state index in [-0.39, 0.29) is 12.2 Å². The molecule has 9 heteroatoms. The number of benzene rings is 4. The second-order valence-electron chi connectivity index (χ2n) is 8.03. The first-order valence-electron chi connectivity index (χ1n) is 11.1. The molecule has 0 aliphatic carbocycles. The molecule has 0 fully saturated rings. The quantitative estimate of drug-likeness (QED) is 0.181. The van der Waals surface area contributed by atoms with Crippen molar-refractivity contribution in [3.05, 3.63) is 126 Å². The number of aromatic nitrogens is 2. The summed E-state index contributed by atoms with van der Waals surface area (Å²) in [4.78, 5) is 18.0. The summed E-state index contributed by atoms with van der Waals surface area (Å²) in [6, 6.07) is 25.4. The molecule has 5 aromatic rings. The number of hydrogen-bond donors (Lipinski definition) is 0. The molecule has 0 saturated carbocycles. The van der Waals surface area contributed by atoms with Crippen LogP contribution in [0, 0.1) is 0 Å². The van der Waals surface area contributed by atoms with Crippen LogP contribution < -0.4 is 10.3 Å². The van der Waals surface area contributed by atoms with Crippen LogP contribution in [0.5, 0.6) is 5.75 Å². The minimum absolute atomic E-state index is 0.251. The minimum atomic E-state index is -0.271. The minimum Gasteiger partial charge on any atom is -0.486 e. The zero-order valence-electron chi connectivity index (χ0n) is 19.0. The average molecular weight is 614 g/mol. The largest absolute Gasteiger partial charge is 0.486 e. The fourth-order valence-electron chi connectivity index (χ4n) is 3.71. The monoisotopic (exact) mass is 611 g/mol. The average Bonchev–Trinajstić information content (AvgIpc) is 2.90. The van der Waals surface area contributed by atoms with E-state index in [2.05, 4.69) is 21.0 Å². The molecule has 0 spiro atoms. The van der Waals surface area contributed by atoms with E-state index in [1.165, 1.54) is 4.68 Å². The van der Waals surface area contributed by atoms with E-state index in [4.69, 9.17) is 44.5 Å². The summed E-state index contributed by atoms with van der Waals surface area (Å²) in [6.45, 7) is 0.251. The Labute approximate surface area is 236 Å². The van der Waals surface area contributed by atoms with Crippen molar-refractivity contribution < 1.29 is 4.74 Å². The van der Waals surface area contributed by atoms with Gasteiger partial charge in [0.25, 0.3) is 5.56 Å². The molecule has 0 atom stereocenters. The predicted molar refractivity (Wildman–Crippen MR) is 154 cm³/mol. The fraction of sp³-hybridized carbons (Fsp3) is 0.0357. The van der Waals surface area contributed by atoms with Crippen LogP contribution in [0.2, 0.25) is 15.1 Å². The van der Waals surface area contributed by atoms with Crippen LogP contribution in [-0.4, -0.2) is 15.9 Å². The Hall–Kier alpha value is -3.16. The second kappa shape index (κ2) is 11.1. The highest BCUT2D eigenvalue weighted by Crippen LogP contribution is 2.35. The van der Waals surface area contributed by atoms with Crippen molar-refractivity contribution in [3.63, 3.8) is 0 Å². The molecule has 1 heterocycles. The van der Waals surface area contributed by atoms with Gasteiger partial charge in [0.1, 0.15) is 6.61 Å². The Bertz CT molecular complexity index is 1680. The number of fused-ring (bicyclic) bond motifs is 1. The van der Waals surface area contributed by atoms with E-state index >= 15 is 0 Å². The highest BCUT2D eigenvalue weighted by atomic mass is 79.9. The lowest BCUT2D eigenvalue weighted by molar-refractivity contribution is 0.304. The van der Waals surface area contributed by atoms with Crippen molar-refractivity contribution in [1.29, 1.82) is 0 Å². The lowest BCUT2D eigenvalue weighted by Gasteiger charge is -2.12. The van der Waals surface area contributed by atoms with Gasteiger partial charge in [-0.25, -0.2) is 4.98 Å². The van der Waals surface area contributed by atoms with E-state index < -0.39 is 0 Å². The summed E-state index contributed by atoms with van der Waals surface area (Å²) in [5, 5.41) is 6.28. The van der Waals surface area contributed by atoms with Gasteiger partial charge in [-0.1, -0.05) is 83.3 Å². The van der Waals surface area contributed by atoms with Crippen LogP contribution in [-0.2, 0) is 6.61 Å². The molecule has 184 valence electrons. The molecule has 1 aromatic heterocycles. The van der Waals surface area contributed by atoms with Gasteiger partial charge < -0.3 is 4.74 Å². The summed E-state index contributed by atoms with van der Waals surface area (Å²) in [6.07, 6.45) is 1.56. The molecular weight excluding hydrogens is 597 g/mol. The van der Waals surface area contributed by atoms with Crippen molar-refractivity contribution in [3.8, 4) is 17.1 Å². The zero-order chi connectivity index (χ0) is 25.9. The predicted octanol–water partition coefficient (Wildman–Crippen LogP) is 8.25. The topological polar surface area (TPSA) is 56.5 Å². The van der Waals surface area contributed by atoms with Gasteiger partial charge in [0, 0.05) is 5.56 Å². The summed E-state index contributed by atoms with van der Waals surface area (Å²) < 4.78 is 7.85. The molecule has 0 bridgehead atoms. The summed E-state index contributed by atoms with van der Waals surface area (Å²) in [5.74, 6) is 0.909. The summed E-state index contributed by atoms with van der Waals surface area (Å²) >= 11 is 22.1. The molecule has 5 nitrogen and oxygen atoms in total. The van der Waals surface area contributed by atoms with Crippen LogP contribution in [0.3, 0.4) is 0 Å². The van der Waals surface area contributed by atoms with Gasteiger partial charge in [0.05, 0.1) is 36.7 Å². The third kappa shape index (κ3) is 5.58. The molecule has 4 aromatic carbocycles. The lowest BCUT2D eigenvalue weighted by Crippen LogP contribution is -2.20. The van der Waals surface area contributed by atoms with E-state index in [0.717, 1.165) is 11.1 Å². The summed E-state index contributed by atoms with van der Waals surface area (Å²) in [5.41, 5.74) is 2.62. The number of rotatable bonds is 6.